The largest absolute Gasteiger partial charge is 0.493 e. The Kier molecular flexibility index (Phi) is 9.46. The molecule has 1 saturated carbocycles. The molecule has 32 heavy (non-hydrogen) atoms. The fraction of sp³-hybridized carbons (Fsp3) is 0.667. The third kappa shape index (κ3) is 7.58. The number of nitrogens with one attached hydrogen (secondary N) is 3. The van der Waals surface area contributed by atoms with Crippen LogP contribution < -0.4 is 25.4 Å². The van der Waals surface area contributed by atoms with Gasteiger partial charge in [0.15, 0.2) is 11.5 Å². The summed E-state index contributed by atoms with van der Waals surface area (Å²) in [5, 5.41) is 9.23. The van der Waals surface area contributed by atoms with Crippen molar-refractivity contribution in [1.29, 1.82) is 0 Å². The number of carbonyl (C=O) groups is 2. The number of amides is 3. The molecule has 0 aromatic heterocycles. The first-order chi connectivity index (χ1) is 15.6. The molecule has 1 aromatic carbocycles. The van der Waals surface area contributed by atoms with Crippen molar-refractivity contribution in [3.8, 4) is 11.5 Å². The summed E-state index contributed by atoms with van der Waals surface area (Å²) < 4.78 is 10.6. The highest BCUT2D eigenvalue weighted by atomic mass is 16.5. The van der Waals surface area contributed by atoms with Crippen LogP contribution in [0.4, 0.5) is 4.79 Å². The van der Waals surface area contributed by atoms with Gasteiger partial charge in [-0.3, -0.25) is 9.69 Å². The summed E-state index contributed by atoms with van der Waals surface area (Å²) >= 11 is 0. The molecule has 0 spiro atoms. The predicted octanol–water partition coefficient (Wildman–Crippen LogP) is 2.46. The lowest BCUT2D eigenvalue weighted by Gasteiger charge is -2.32. The Morgan fingerprint density at radius 1 is 0.938 bits per heavy atom. The summed E-state index contributed by atoms with van der Waals surface area (Å²) in [5.41, 5.74) is 1.08. The monoisotopic (exact) mass is 446 g/mol. The first-order valence-corrected chi connectivity index (χ1v) is 11.8. The number of methoxy groups -OCH3 is 2. The van der Waals surface area contributed by atoms with Gasteiger partial charge in [-0.1, -0.05) is 25.3 Å². The second kappa shape index (κ2) is 12.5. The minimum Gasteiger partial charge on any atom is -0.493 e. The van der Waals surface area contributed by atoms with E-state index >= 15 is 0 Å². The highest BCUT2D eigenvalue weighted by Gasteiger charge is 2.23. The zero-order valence-corrected chi connectivity index (χ0v) is 19.5. The van der Waals surface area contributed by atoms with Crippen LogP contribution in [0, 0.1) is 0 Å². The summed E-state index contributed by atoms with van der Waals surface area (Å²) in [6.45, 7) is 2.61. The van der Waals surface area contributed by atoms with Gasteiger partial charge in [-0.2, -0.15) is 0 Å². The number of rotatable bonds is 9. The average molecular weight is 447 g/mol. The Bertz CT molecular complexity index is 744. The summed E-state index contributed by atoms with van der Waals surface area (Å²) in [6, 6.07) is 6.27. The van der Waals surface area contributed by atoms with Crippen LogP contribution in [0.1, 0.15) is 50.5 Å². The smallest absolute Gasteiger partial charge is 0.315 e. The first-order valence-electron chi connectivity index (χ1n) is 11.8. The number of nitrogens with zero attached hydrogens (tertiary/aromatic N) is 1. The molecular formula is C24H38N4O4. The molecule has 1 aliphatic heterocycles. The van der Waals surface area contributed by atoms with Crippen LogP contribution >= 0.6 is 0 Å². The number of likely N-dealkylation sites (tertiary alicyclic amines) is 1. The van der Waals surface area contributed by atoms with E-state index in [2.05, 4.69) is 20.9 Å². The van der Waals surface area contributed by atoms with E-state index in [0.29, 0.717) is 30.6 Å². The molecule has 1 saturated heterocycles. The molecule has 1 heterocycles. The van der Waals surface area contributed by atoms with Gasteiger partial charge >= 0.3 is 6.03 Å². The Morgan fingerprint density at radius 3 is 2.25 bits per heavy atom. The maximum Gasteiger partial charge on any atom is 0.315 e. The topological polar surface area (TPSA) is 91.9 Å². The Balaban J connectivity index is 1.30. The van der Waals surface area contributed by atoms with Gasteiger partial charge in [-0.05, 0) is 49.8 Å². The number of hydrogen-bond donors (Lipinski definition) is 3. The molecule has 1 aliphatic carbocycles. The van der Waals surface area contributed by atoms with Crippen LogP contribution in [0.3, 0.4) is 0 Å². The van der Waals surface area contributed by atoms with E-state index in [1.165, 1.54) is 19.3 Å². The third-order valence-electron chi connectivity index (χ3n) is 6.41. The maximum absolute atomic E-state index is 12.3. The fourth-order valence-corrected chi connectivity index (χ4v) is 4.54. The van der Waals surface area contributed by atoms with Gasteiger partial charge in [0, 0.05) is 31.7 Å². The van der Waals surface area contributed by atoms with E-state index in [0.717, 1.165) is 50.8 Å². The zero-order valence-electron chi connectivity index (χ0n) is 19.5. The van der Waals surface area contributed by atoms with Crippen molar-refractivity contribution in [2.24, 2.45) is 0 Å². The lowest BCUT2D eigenvalue weighted by atomic mass is 9.96. The lowest BCUT2D eigenvalue weighted by Crippen LogP contribution is -2.51. The standard InChI is InChI=1S/C24H38N4O4/c1-31-21-9-8-18(16-22(21)32-2)10-13-25-23(29)17-28-14-11-20(12-15-28)27-24(30)26-19-6-4-3-5-7-19/h8-9,16,19-20H,3-7,10-15,17H2,1-2H3,(H,25,29)(H2,26,27,30). The van der Waals surface area contributed by atoms with Crippen molar-refractivity contribution >= 4 is 11.9 Å². The molecule has 3 amide bonds. The zero-order chi connectivity index (χ0) is 22.8. The fourth-order valence-electron chi connectivity index (χ4n) is 4.54. The molecular weight excluding hydrogens is 408 g/mol. The minimum absolute atomic E-state index is 0.0342. The van der Waals surface area contributed by atoms with Crippen molar-refractivity contribution in [1.82, 2.24) is 20.9 Å². The summed E-state index contributed by atoms with van der Waals surface area (Å²) in [7, 11) is 3.23. The highest BCUT2D eigenvalue weighted by molar-refractivity contribution is 5.78. The number of piperidine rings is 1. The second-order valence-corrected chi connectivity index (χ2v) is 8.79. The van der Waals surface area contributed by atoms with E-state index in [9.17, 15) is 9.59 Å². The molecule has 2 fully saturated rings. The summed E-state index contributed by atoms with van der Waals surface area (Å²) in [6.07, 6.45) is 8.35. The Labute approximate surface area is 191 Å². The molecule has 2 aliphatic rings. The second-order valence-electron chi connectivity index (χ2n) is 8.79. The molecule has 0 atom stereocenters. The van der Waals surface area contributed by atoms with Gasteiger partial charge in [0.2, 0.25) is 5.91 Å². The number of carbonyl (C=O) groups excluding carboxylic acids is 2. The van der Waals surface area contributed by atoms with Crippen molar-refractivity contribution in [2.75, 3.05) is 40.4 Å². The Morgan fingerprint density at radius 2 is 1.59 bits per heavy atom. The normalized spacial score (nSPS) is 18.1. The van der Waals surface area contributed by atoms with Crippen molar-refractivity contribution < 1.29 is 19.1 Å². The van der Waals surface area contributed by atoms with Gasteiger partial charge in [0.25, 0.3) is 0 Å². The lowest BCUT2D eigenvalue weighted by molar-refractivity contribution is -0.122. The maximum atomic E-state index is 12.3. The van der Waals surface area contributed by atoms with Crippen molar-refractivity contribution in [2.45, 2.75) is 63.5 Å². The molecule has 0 bridgehead atoms. The van der Waals surface area contributed by atoms with E-state index in [4.69, 9.17) is 9.47 Å². The molecule has 8 nitrogen and oxygen atoms in total. The van der Waals surface area contributed by atoms with Gasteiger partial charge < -0.3 is 25.4 Å². The predicted molar refractivity (Wildman–Crippen MR) is 124 cm³/mol. The van der Waals surface area contributed by atoms with Crippen molar-refractivity contribution in [3.63, 3.8) is 0 Å². The van der Waals surface area contributed by atoms with Crippen LogP contribution in [-0.2, 0) is 11.2 Å². The van der Waals surface area contributed by atoms with Crippen LogP contribution in [0.25, 0.3) is 0 Å². The number of ether oxygens (including phenoxy) is 2. The van der Waals surface area contributed by atoms with E-state index < -0.39 is 0 Å². The van der Waals surface area contributed by atoms with E-state index in [1.54, 1.807) is 14.2 Å². The molecule has 3 rings (SSSR count). The average Bonchev–Trinajstić information content (AvgIpc) is 2.81. The van der Waals surface area contributed by atoms with Gasteiger partial charge in [0.1, 0.15) is 0 Å². The third-order valence-corrected chi connectivity index (χ3v) is 6.41. The molecule has 1 aromatic rings. The SMILES string of the molecule is COc1ccc(CCNC(=O)CN2CCC(NC(=O)NC3CCCCC3)CC2)cc1OC. The van der Waals surface area contributed by atoms with Crippen LogP contribution in [-0.4, -0.2) is 69.3 Å². The van der Waals surface area contributed by atoms with Gasteiger partial charge in [-0.15, -0.1) is 0 Å². The number of urea groups is 1. The molecule has 0 unspecified atom stereocenters. The van der Waals surface area contributed by atoms with Crippen molar-refractivity contribution in [3.05, 3.63) is 23.8 Å². The summed E-state index contributed by atoms with van der Waals surface area (Å²) in [4.78, 5) is 26.7. The van der Waals surface area contributed by atoms with Crippen LogP contribution in [0.5, 0.6) is 11.5 Å². The molecule has 0 radical (unpaired) electrons. The van der Waals surface area contributed by atoms with E-state index in [-0.39, 0.29) is 18.0 Å². The summed E-state index contributed by atoms with van der Waals surface area (Å²) in [5.74, 6) is 1.43. The first kappa shape index (κ1) is 24.2. The highest BCUT2D eigenvalue weighted by Crippen LogP contribution is 2.27. The van der Waals surface area contributed by atoms with E-state index in [1.807, 2.05) is 18.2 Å². The molecule has 8 heteroatoms. The molecule has 3 N–H and O–H groups in total. The number of benzene rings is 1. The number of hydrogen-bond acceptors (Lipinski definition) is 5. The minimum atomic E-state index is -0.0387. The van der Waals surface area contributed by atoms with Crippen LogP contribution in [0.2, 0.25) is 0 Å². The van der Waals surface area contributed by atoms with Crippen LogP contribution in [0.15, 0.2) is 18.2 Å². The Hall–Kier alpha value is -2.48. The van der Waals surface area contributed by atoms with Gasteiger partial charge in [0.05, 0.1) is 20.8 Å². The quantitative estimate of drug-likeness (QED) is 0.542. The molecule has 178 valence electrons. The van der Waals surface area contributed by atoms with Gasteiger partial charge in [-0.25, -0.2) is 4.79 Å².